The molecule has 0 aliphatic carbocycles. The van der Waals surface area contributed by atoms with Gasteiger partial charge in [0.05, 0.1) is 0 Å². The number of carboxylic acid groups (broad SMARTS) is 1. The van der Waals surface area contributed by atoms with Crippen LogP contribution in [-0.4, -0.2) is 45.7 Å². The van der Waals surface area contributed by atoms with Gasteiger partial charge in [-0.3, -0.25) is 9.89 Å². The summed E-state index contributed by atoms with van der Waals surface area (Å²) >= 11 is 0. The lowest BCUT2D eigenvalue weighted by Crippen LogP contribution is -2.26. The fourth-order valence-electron chi connectivity index (χ4n) is 2.03. The van der Waals surface area contributed by atoms with Crippen molar-refractivity contribution in [1.82, 2.24) is 15.1 Å². The maximum atomic E-state index is 12.3. The van der Waals surface area contributed by atoms with Crippen molar-refractivity contribution in [1.29, 1.82) is 0 Å². The summed E-state index contributed by atoms with van der Waals surface area (Å²) in [6.07, 6.45) is 0.793. The number of amides is 1. The first kappa shape index (κ1) is 16.5. The zero-order chi connectivity index (χ0) is 16.8. The number of aliphatic carboxylic acids is 1. The highest BCUT2D eigenvalue weighted by atomic mass is 16.5. The molecule has 0 saturated heterocycles. The Kier molecular flexibility index (Phi) is 5.35. The van der Waals surface area contributed by atoms with Gasteiger partial charge in [0.2, 0.25) is 0 Å². The molecule has 7 heteroatoms. The van der Waals surface area contributed by atoms with E-state index in [1.165, 1.54) is 0 Å². The first-order valence-corrected chi connectivity index (χ1v) is 7.23. The Hall–Kier alpha value is -2.83. The number of nitrogens with one attached hydrogen (secondary N) is 1. The topological polar surface area (TPSA) is 95.5 Å². The Morgan fingerprint density at radius 1 is 1.30 bits per heavy atom. The smallest absolute Gasteiger partial charge is 0.341 e. The zero-order valence-corrected chi connectivity index (χ0v) is 13.1. The number of aryl methyl sites for hydroxylation is 1. The van der Waals surface area contributed by atoms with Crippen molar-refractivity contribution in [3.8, 4) is 5.75 Å². The summed E-state index contributed by atoms with van der Waals surface area (Å²) < 4.78 is 5.07. The largest absolute Gasteiger partial charge is 0.482 e. The molecular formula is C16H19N3O4. The van der Waals surface area contributed by atoms with Crippen molar-refractivity contribution in [2.45, 2.75) is 19.9 Å². The molecular weight excluding hydrogens is 298 g/mol. The molecule has 122 valence electrons. The van der Waals surface area contributed by atoms with Gasteiger partial charge in [-0.15, -0.1) is 0 Å². The molecule has 1 amide bonds. The molecule has 0 aliphatic rings. The van der Waals surface area contributed by atoms with Crippen molar-refractivity contribution in [3.05, 3.63) is 47.3 Å². The van der Waals surface area contributed by atoms with E-state index in [1.807, 2.05) is 6.92 Å². The molecule has 0 saturated carbocycles. The molecule has 0 fully saturated rings. The van der Waals surface area contributed by atoms with Crippen LogP contribution in [0.4, 0.5) is 0 Å². The molecule has 7 nitrogen and oxygen atoms in total. The molecule has 2 rings (SSSR count). The monoisotopic (exact) mass is 317 g/mol. The van der Waals surface area contributed by atoms with E-state index in [0.29, 0.717) is 18.0 Å². The van der Waals surface area contributed by atoms with Crippen LogP contribution >= 0.6 is 0 Å². The summed E-state index contributed by atoms with van der Waals surface area (Å²) in [4.78, 5) is 24.3. The average Bonchev–Trinajstić information content (AvgIpc) is 3.02. The van der Waals surface area contributed by atoms with Gasteiger partial charge in [-0.1, -0.05) is 19.1 Å². The second kappa shape index (κ2) is 7.44. The predicted octanol–water partition coefficient (Wildman–Crippen LogP) is 1.71. The van der Waals surface area contributed by atoms with Crippen molar-refractivity contribution >= 4 is 11.9 Å². The number of hydrogen-bond acceptors (Lipinski definition) is 4. The number of carbonyl (C=O) groups is 2. The number of ether oxygens (including phenoxy) is 1. The normalized spacial score (nSPS) is 10.3. The van der Waals surface area contributed by atoms with Crippen molar-refractivity contribution in [2.75, 3.05) is 13.7 Å². The highest BCUT2D eigenvalue weighted by molar-refractivity contribution is 5.92. The van der Waals surface area contributed by atoms with Crippen LogP contribution in [0.5, 0.6) is 5.75 Å². The second-order valence-electron chi connectivity index (χ2n) is 5.12. The predicted molar refractivity (Wildman–Crippen MR) is 83.3 cm³/mol. The first-order chi connectivity index (χ1) is 11.0. The minimum Gasteiger partial charge on any atom is -0.482 e. The quantitative estimate of drug-likeness (QED) is 0.810. The molecule has 0 spiro atoms. The third-order valence-electron chi connectivity index (χ3n) is 3.28. The summed E-state index contributed by atoms with van der Waals surface area (Å²) in [6, 6.07) is 8.70. The Morgan fingerprint density at radius 2 is 2.00 bits per heavy atom. The van der Waals surface area contributed by atoms with Crippen LogP contribution < -0.4 is 4.74 Å². The van der Waals surface area contributed by atoms with E-state index in [9.17, 15) is 9.59 Å². The van der Waals surface area contributed by atoms with Gasteiger partial charge in [-0.05, 0) is 30.2 Å². The van der Waals surface area contributed by atoms with E-state index in [1.54, 1.807) is 42.3 Å². The molecule has 2 N–H and O–H groups in total. The minimum atomic E-state index is -1.02. The maximum absolute atomic E-state index is 12.3. The Labute approximate surface area is 133 Å². The summed E-state index contributed by atoms with van der Waals surface area (Å²) in [7, 11) is 1.71. The van der Waals surface area contributed by atoms with Gasteiger partial charge < -0.3 is 14.7 Å². The summed E-state index contributed by atoms with van der Waals surface area (Å²) in [5, 5.41) is 15.4. The molecule has 23 heavy (non-hydrogen) atoms. The summed E-state index contributed by atoms with van der Waals surface area (Å²) in [6.45, 7) is 2.03. The second-order valence-corrected chi connectivity index (χ2v) is 5.12. The van der Waals surface area contributed by atoms with E-state index in [0.717, 1.165) is 17.7 Å². The van der Waals surface area contributed by atoms with Gasteiger partial charge in [0, 0.05) is 19.3 Å². The number of carboxylic acids is 1. The van der Waals surface area contributed by atoms with E-state index >= 15 is 0 Å². The summed E-state index contributed by atoms with van der Waals surface area (Å²) in [5.41, 5.74) is 2.22. The number of H-pyrrole nitrogens is 1. The van der Waals surface area contributed by atoms with Gasteiger partial charge in [-0.2, -0.15) is 5.10 Å². The number of aromatic nitrogens is 2. The van der Waals surface area contributed by atoms with Gasteiger partial charge in [-0.25, -0.2) is 4.79 Å². The van der Waals surface area contributed by atoms with Crippen LogP contribution in [0.1, 0.15) is 28.7 Å². The Balaban J connectivity index is 1.95. The molecule has 0 atom stereocenters. The number of hydrogen-bond donors (Lipinski definition) is 2. The van der Waals surface area contributed by atoms with Gasteiger partial charge in [0.25, 0.3) is 5.91 Å². The van der Waals surface area contributed by atoms with E-state index in [2.05, 4.69) is 10.2 Å². The fourth-order valence-corrected chi connectivity index (χ4v) is 2.03. The average molecular weight is 317 g/mol. The number of nitrogens with zero attached hydrogens (tertiary/aromatic N) is 2. The third kappa shape index (κ3) is 4.57. The standard InChI is InChI=1S/C16H19N3O4/c1-3-12-8-14(18-17-12)16(22)19(2)9-11-4-6-13(7-5-11)23-10-15(20)21/h4-8H,3,9-10H2,1-2H3,(H,17,18)(H,20,21). The van der Waals surface area contributed by atoms with Crippen molar-refractivity contribution in [2.24, 2.45) is 0 Å². The SMILES string of the molecule is CCc1cc(C(=O)N(C)Cc2ccc(OCC(=O)O)cc2)n[nH]1. The highest BCUT2D eigenvalue weighted by Crippen LogP contribution is 2.14. The summed E-state index contributed by atoms with van der Waals surface area (Å²) in [5.74, 6) is -0.706. The van der Waals surface area contributed by atoms with Crippen molar-refractivity contribution in [3.63, 3.8) is 0 Å². The number of carbonyl (C=O) groups excluding carboxylic acids is 1. The van der Waals surface area contributed by atoms with Gasteiger partial charge in [0.15, 0.2) is 6.61 Å². The van der Waals surface area contributed by atoms with Crippen LogP contribution in [-0.2, 0) is 17.8 Å². The van der Waals surface area contributed by atoms with Crippen LogP contribution in [0.3, 0.4) is 0 Å². The molecule has 1 aromatic carbocycles. The lowest BCUT2D eigenvalue weighted by Gasteiger charge is -2.16. The van der Waals surface area contributed by atoms with E-state index in [-0.39, 0.29) is 12.5 Å². The van der Waals surface area contributed by atoms with E-state index < -0.39 is 5.97 Å². The molecule has 1 aromatic heterocycles. The Morgan fingerprint density at radius 3 is 2.57 bits per heavy atom. The molecule has 1 heterocycles. The van der Waals surface area contributed by atoms with Gasteiger partial charge >= 0.3 is 5.97 Å². The molecule has 0 bridgehead atoms. The van der Waals surface area contributed by atoms with Crippen LogP contribution in [0.15, 0.2) is 30.3 Å². The lowest BCUT2D eigenvalue weighted by molar-refractivity contribution is -0.139. The van der Waals surface area contributed by atoms with Crippen LogP contribution in [0, 0.1) is 0 Å². The highest BCUT2D eigenvalue weighted by Gasteiger charge is 2.15. The van der Waals surface area contributed by atoms with Gasteiger partial charge in [0.1, 0.15) is 11.4 Å². The lowest BCUT2D eigenvalue weighted by atomic mass is 10.2. The Bertz CT molecular complexity index is 679. The number of aromatic amines is 1. The van der Waals surface area contributed by atoms with Crippen molar-refractivity contribution < 1.29 is 19.4 Å². The zero-order valence-electron chi connectivity index (χ0n) is 13.1. The third-order valence-corrected chi connectivity index (χ3v) is 3.28. The molecule has 0 aliphatic heterocycles. The first-order valence-electron chi connectivity index (χ1n) is 7.23. The number of benzene rings is 1. The van der Waals surface area contributed by atoms with E-state index in [4.69, 9.17) is 9.84 Å². The molecule has 0 radical (unpaired) electrons. The van der Waals surface area contributed by atoms with Crippen LogP contribution in [0.25, 0.3) is 0 Å². The number of rotatable bonds is 7. The minimum absolute atomic E-state index is 0.160. The maximum Gasteiger partial charge on any atom is 0.341 e. The van der Waals surface area contributed by atoms with Crippen LogP contribution in [0.2, 0.25) is 0 Å². The fraction of sp³-hybridized carbons (Fsp3) is 0.312. The molecule has 0 unspecified atom stereocenters. The molecule has 2 aromatic rings.